The van der Waals surface area contributed by atoms with Crippen LogP contribution < -0.4 is 21.9 Å². The molecule has 0 aliphatic rings. The van der Waals surface area contributed by atoms with Gasteiger partial charge in [0.1, 0.15) is 5.82 Å². The Morgan fingerprint density at radius 1 is 1.29 bits per heavy atom. The molecule has 166 valence electrons. The number of hydrogen-bond acceptors (Lipinski definition) is 7. The van der Waals surface area contributed by atoms with Crippen LogP contribution in [0, 0.1) is 5.92 Å². The highest BCUT2D eigenvalue weighted by Gasteiger charge is 2.24. The second-order valence-corrected chi connectivity index (χ2v) is 8.35. The summed E-state index contributed by atoms with van der Waals surface area (Å²) in [6.07, 6.45) is 0. The first-order chi connectivity index (χ1) is 14.8. The molecule has 0 radical (unpaired) electrons. The quantitative estimate of drug-likeness (QED) is 0.422. The lowest BCUT2D eigenvalue weighted by atomic mass is 10.2. The molecule has 2 heterocycles. The lowest BCUT2D eigenvalue weighted by Gasteiger charge is -2.24. The van der Waals surface area contributed by atoms with E-state index in [-0.39, 0.29) is 42.2 Å². The van der Waals surface area contributed by atoms with Crippen molar-refractivity contribution in [2.24, 2.45) is 5.92 Å². The Morgan fingerprint density at radius 3 is 2.71 bits per heavy atom. The van der Waals surface area contributed by atoms with Crippen molar-refractivity contribution in [1.29, 1.82) is 0 Å². The minimum absolute atomic E-state index is 0.0196. The van der Waals surface area contributed by atoms with E-state index in [1.165, 1.54) is 28.3 Å². The van der Waals surface area contributed by atoms with E-state index in [0.717, 1.165) is 11.0 Å². The molecule has 0 aliphatic carbocycles. The maximum Gasteiger partial charge on any atom is 0.330 e. The predicted octanol–water partition coefficient (Wildman–Crippen LogP) is 1.42. The number of ether oxygens (including phenoxy) is 1. The van der Waals surface area contributed by atoms with Crippen molar-refractivity contribution >= 4 is 40.2 Å². The highest BCUT2D eigenvalue weighted by Crippen LogP contribution is 2.22. The summed E-state index contributed by atoms with van der Waals surface area (Å²) in [6.45, 7) is 4.48. The maximum atomic E-state index is 13.1. The number of methoxy groups -OCH3 is 1. The minimum atomic E-state index is -0.708. The lowest BCUT2D eigenvalue weighted by Crippen LogP contribution is -2.43. The Bertz CT molecular complexity index is 1150. The summed E-state index contributed by atoms with van der Waals surface area (Å²) in [5.74, 6) is -0.258. The number of benzene rings is 1. The first-order valence-electron chi connectivity index (χ1n) is 9.81. The third-order valence-corrected chi connectivity index (χ3v) is 5.41. The normalized spacial score (nSPS) is 11.4. The highest BCUT2D eigenvalue weighted by atomic mass is 32.2. The van der Waals surface area contributed by atoms with E-state index in [0.29, 0.717) is 11.7 Å². The molecule has 4 N–H and O–H groups in total. The summed E-state index contributed by atoms with van der Waals surface area (Å²) < 4.78 is 6.38. The van der Waals surface area contributed by atoms with Gasteiger partial charge < -0.3 is 20.4 Å². The van der Waals surface area contributed by atoms with Crippen molar-refractivity contribution in [3.05, 3.63) is 45.1 Å². The molecule has 11 heteroatoms. The number of anilines is 2. The van der Waals surface area contributed by atoms with Gasteiger partial charge in [0, 0.05) is 20.2 Å². The van der Waals surface area contributed by atoms with Crippen molar-refractivity contribution in [2.75, 3.05) is 36.6 Å². The number of H-pyrrole nitrogens is 2. The number of thioether (sulfide) groups is 1. The molecule has 3 rings (SSSR count). The second kappa shape index (κ2) is 9.84. The molecule has 1 aromatic carbocycles. The Labute approximate surface area is 182 Å². The molecule has 0 saturated carbocycles. The summed E-state index contributed by atoms with van der Waals surface area (Å²) in [4.78, 5) is 49.0. The number of nitrogens with two attached hydrogens (primary N) is 1. The number of carbonyl (C=O) groups is 1. The van der Waals surface area contributed by atoms with Crippen LogP contribution in [0.5, 0.6) is 0 Å². The summed E-state index contributed by atoms with van der Waals surface area (Å²) in [7, 11) is 1.50. The Kier molecular flexibility index (Phi) is 7.18. The van der Waals surface area contributed by atoms with Gasteiger partial charge in [0.25, 0.3) is 5.56 Å². The molecule has 0 bridgehead atoms. The average Bonchev–Trinajstić information content (AvgIpc) is 3.14. The van der Waals surface area contributed by atoms with Crippen molar-refractivity contribution < 1.29 is 9.53 Å². The standard InChI is InChI=1S/C20H26N6O4S/c1-12(2)10-26-17(21)16(18(28)24-20(26)29)25(8-9-30-3)15(27)11-31-19-22-13-6-4-5-7-14(13)23-19/h4-7,12H,8-11,21H2,1-3H3,(H,22,23)(H,24,28,29). The molecule has 0 atom stereocenters. The van der Waals surface area contributed by atoms with E-state index in [1.54, 1.807) is 0 Å². The van der Waals surface area contributed by atoms with Gasteiger partial charge >= 0.3 is 5.69 Å². The number of nitrogens with zero attached hydrogens (tertiary/aromatic N) is 3. The first kappa shape index (κ1) is 22.6. The summed E-state index contributed by atoms with van der Waals surface area (Å²) in [5.41, 5.74) is 6.50. The van der Waals surface area contributed by atoms with Gasteiger partial charge in [-0.05, 0) is 18.1 Å². The Morgan fingerprint density at radius 2 is 2.03 bits per heavy atom. The van der Waals surface area contributed by atoms with Crippen molar-refractivity contribution in [3.8, 4) is 0 Å². The van der Waals surface area contributed by atoms with E-state index in [2.05, 4.69) is 15.0 Å². The molecule has 0 fully saturated rings. The zero-order valence-corrected chi connectivity index (χ0v) is 18.5. The third-order valence-electron chi connectivity index (χ3n) is 4.55. The number of fused-ring (bicyclic) bond motifs is 1. The van der Waals surface area contributed by atoms with Gasteiger partial charge in [-0.3, -0.25) is 19.1 Å². The molecule has 1 amide bonds. The van der Waals surface area contributed by atoms with Crippen LogP contribution in [-0.2, 0) is 16.1 Å². The van der Waals surface area contributed by atoms with Crippen LogP contribution in [0.4, 0.5) is 11.5 Å². The number of para-hydroxylation sites is 2. The van der Waals surface area contributed by atoms with E-state index >= 15 is 0 Å². The fourth-order valence-corrected chi connectivity index (χ4v) is 3.90. The van der Waals surface area contributed by atoms with Crippen LogP contribution in [0.15, 0.2) is 39.0 Å². The fraction of sp³-hybridized carbons (Fsp3) is 0.400. The van der Waals surface area contributed by atoms with Gasteiger partial charge in [0.15, 0.2) is 10.8 Å². The Hall–Kier alpha value is -3.05. The van der Waals surface area contributed by atoms with Crippen LogP contribution in [0.1, 0.15) is 13.8 Å². The van der Waals surface area contributed by atoms with Crippen molar-refractivity contribution in [1.82, 2.24) is 19.5 Å². The monoisotopic (exact) mass is 446 g/mol. The van der Waals surface area contributed by atoms with Crippen LogP contribution in [0.2, 0.25) is 0 Å². The number of aromatic amines is 2. The molecule has 3 aromatic rings. The Balaban J connectivity index is 1.89. The molecular formula is C20H26N6O4S. The zero-order valence-electron chi connectivity index (χ0n) is 17.7. The van der Waals surface area contributed by atoms with E-state index in [1.807, 2.05) is 38.1 Å². The van der Waals surface area contributed by atoms with Gasteiger partial charge in [-0.1, -0.05) is 37.7 Å². The number of carbonyl (C=O) groups excluding carboxylic acids is 1. The van der Waals surface area contributed by atoms with Crippen LogP contribution >= 0.6 is 11.8 Å². The molecule has 0 aliphatic heterocycles. The fourth-order valence-electron chi connectivity index (χ4n) is 3.13. The minimum Gasteiger partial charge on any atom is -0.383 e. The van der Waals surface area contributed by atoms with Gasteiger partial charge in [0.05, 0.1) is 23.4 Å². The number of amides is 1. The number of hydrogen-bond donors (Lipinski definition) is 3. The van der Waals surface area contributed by atoms with Gasteiger partial charge in [-0.15, -0.1) is 0 Å². The molecular weight excluding hydrogens is 420 g/mol. The van der Waals surface area contributed by atoms with Crippen molar-refractivity contribution in [2.45, 2.75) is 25.5 Å². The third kappa shape index (κ3) is 5.17. The predicted molar refractivity (Wildman–Crippen MR) is 122 cm³/mol. The van der Waals surface area contributed by atoms with Gasteiger partial charge in [0.2, 0.25) is 5.91 Å². The smallest absolute Gasteiger partial charge is 0.330 e. The summed E-state index contributed by atoms with van der Waals surface area (Å²) >= 11 is 1.22. The SMILES string of the molecule is COCCN(C(=O)CSc1nc2ccccc2[nH]1)c1c(N)n(CC(C)C)c(=O)[nH]c1=O. The van der Waals surface area contributed by atoms with Crippen LogP contribution in [-0.4, -0.2) is 51.4 Å². The molecule has 0 unspecified atom stereocenters. The summed E-state index contributed by atoms with van der Waals surface area (Å²) in [6, 6.07) is 7.56. The highest BCUT2D eigenvalue weighted by molar-refractivity contribution is 7.99. The van der Waals surface area contributed by atoms with E-state index in [9.17, 15) is 14.4 Å². The zero-order chi connectivity index (χ0) is 22.5. The largest absolute Gasteiger partial charge is 0.383 e. The molecule has 0 spiro atoms. The van der Waals surface area contributed by atoms with Crippen LogP contribution in [0.25, 0.3) is 11.0 Å². The molecule has 10 nitrogen and oxygen atoms in total. The van der Waals surface area contributed by atoms with Gasteiger partial charge in [-0.2, -0.15) is 0 Å². The van der Waals surface area contributed by atoms with E-state index < -0.39 is 11.2 Å². The average molecular weight is 447 g/mol. The number of rotatable bonds is 9. The lowest BCUT2D eigenvalue weighted by molar-refractivity contribution is -0.116. The molecule has 2 aromatic heterocycles. The molecule has 31 heavy (non-hydrogen) atoms. The summed E-state index contributed by atoms with van der Waals surface area (Å²) in [5, 5.41) is 0.591. The van der Waals surface area contributed by atoms with Gasteiger partial charge in [-0.25, -0.2) is 9.78 Å². The molecule has 0 saturated heterocycles. The number of nitrogen functional groups attached to an aromatic ring is 1. The first-order valence-corrected chi connectivity index (χ1v) is 10.8. The van der Waals surface area contributed by atoms with Crippen molar-refractivity contribution in [3.63, 3.8) is 0 Å². The number of imidazole rings is 1. The topological polar surface area (TPSA) is 139 Å². The number of nitrogens with one attached hydrogen (secondary N) is 2. The van der Waals surface area contributed by atoms with Crippen LogP contribution in [0.3, 0.4) is 0 Å². The second-order valence-electron chi connectivity index (χ2n) is 7.38. The maximum absolute atomic E-state index is 13.1. The number of aromatic nitrogens is 4. The van der Waals surface area contributed by atoms with E-state index in [4.69, 9.17) is 10.5 Å².